The minimum absolute atomic E-state index is 0.0234. The predicted octanol–water partition coefficient (Wildman–Crippen LogP) is 2.77. The smallest absolute Gasteiger partial charge is 0.209 e. The van der Waals surface area contributed by atoms with Crippen LogP contribution in [-0.2, 0) is 9.53 Å². The number of rotatable bonds is 5. The molecule has 124 valence electrons. The molecule has 0 aromatic heterocycles. The number of hydrogen-bond donors (Lipinski definition) is 0. The molecule has 2 aliphatic heterocycles. The SMILES string of the molecule is CC.CC(C)CCCN1CCOC2(CCN(C=O)CC2)C1. The second-order valence-electron chi connectivity index (χ2n) is 6.49. The van der Waals surface area contributed by atoms with Gasteiger partial charge in [-0.3, -0.25) is 9.69 Å². The van der Waals surface area contributed by atoms with Gasteiger partial charge in [-0.25, -0.2) is 0 Å². The molecule has 0 saturated carbocycles. The van der Waals surface area contributed by atoms with E-state index >= 15 is 0 Å². The third-order valence-electron chi connectivity index (χ3n) is 4.44. The van der Waals surface area contributed by atoms with Crippen molar-refractivity contribution in [2.24, 2.45) is 5.92 Å². The van der Waals surface area contributed by atoms with Crippen LogP contribution in [0.25, 0.3) is 0 Å². The van der Waals surface area contributed by atoms with Crippen molar-refractivity contribution in [3.63, 3.8) is 0 Å². The summed E-state index contributed by atoms with van der Waals surface area (Å²) in [5, 5.41) is 0. The predicted molar refractivity (Wildman–Crippen MR) is 87.4 cm³/mol. The van der Waals surface area contributed by atoms with Gasteiger partial charge < -0.3 is 9.64 Å². The van der Waals surface area contributed by atoms with Crippen molar-refractivity contribution < 1.29 is 9.53 Å². The minimum atomic E-state index is 0.0234. The zero-order chi connectivity index (χ0) is 15.7. The van der Waals surface area contributed by atoms with Crippen LogP contribution in [0.3, 0.4) is 0 Å². The van der Waals surface area contributed by atoms with Crippen LogP contribution in [0.4, 0.5) is 0 Å². The zero-order valence-corrected chi connectivity index (χ0v) is 14.4. The van der Waals surface area contributed by atoms with E-state index in [1.165, 1.54) is 19.4 Å². The van der Waals surface area contributed by atoms with Crippen LogP contribution in [0.2, 0.25) is 0 Å². The van der Waals surface area contributed by atoms with Crippen LogP contribution in [0, 0.1) is 5.92 Å². The molecular formula is C17H34N2O2. The third-order valence-corrected chi connectivity index (χ3v) is 4.44. The van der Waals surface area contributed by atoms with Crippen molar-refractivity contribution in [2.75, 3.05) is 39.3 Å². The molecule has 1 spiro atoms. The molecule has 4 nitrogen and oxygen atoms in total. The van der Waals surface area contributed by atoms with Crippen molar-refractivity contribution in [3.05, 3.63) is 0 Å². The van der Waals surface area contributed by atoms with Gasteiger partial charge in [-0.2, -0.15) is 0 Å². The number of amides is 1. The lowest BCUT2D eigenvalue weighted by Gasteiger charge is -2.46. The summed E-state index contributed by atoms with van der Waals surface area (Å²) in [4.78, 5) is 15.2. The lowest BCUT2D eigenvalue weighted by atomic mass is 9.89. The first-order valence-corrected chi connectivity index (χ1v) is 8.69. The Morgan fingerprint density at radius 3 is 2.43 bits per heavy atom. The molecule has 0 atom stereocenters. The van der Waals surface area contributed by atoms with Crippen LogP contribution in [-0.4, -0.2) is 61.1 Å². The van der Waals surface area contributed by atoms with E-state index in [9.17, 15) is 4.79 Å². The fourth-order valence-corrected chi connectivity index (χ4v) is 3.18. The quantitative estimate of drug-likeness (QED) is 0.732. The lowest BCUT2D eigenvalue weighted by Crippen LogP contribution is -2.56. The molecular weight excluding hydrogens is 264 g/mol. The van der Waals surface area contributed by atoms with Crippen LogP contribution in [0.5, 0.6) is 0 Å². The van der Waals surface area contributed by atoms with Crippen LogP contribution >= 0.6 is 0 Å². The highest BCUT2D eigenvalue weighted by Crippen LogP contribution is 2.29. The number of carbonyl (C=O) groups excluding carboxylic acids is 1. The van der Waals surface area contributed by atoms with Gasteiger partial charge in [0.1, 0.15) is 0 Å². The van der Waals surface area contributed by atoms with Gasteiger partial charge in [-0.1, -0.05) is 27.7 Å². The van der Waals surface area contributed by atoms with Crippen molar-refractivity contribution in [1.82, 2.24) is 9.80 Å². The van der Waals surface area contributed by atoms with Crippen LogP contribution < -0.4 is 0 Å². The summed E-state index contributed by atoms with van der Waals surface area (Å²) >= 11 is 0. The number of carbonyl (C=O) groups is 1. The van der Waals surface area contributed by atoms with E-state index in [-0.39, 0.29) is 5.60 Å². The van der Waals surface area contributed by atoms with E-state index in [1.54, 1.807) is 0 Å². The summed E-state index contributed by atoms with van der Waals surface area (Å²) < 4.78 is 6.07. The molecule has 2 aliphatic rings. The molecule has 0 bridgehead atoms. The second-order valence-corrected chi connectivity index (χ2v) is 6.49. The fraction of sp³-hybridized carbons (Fsp3) is 0.941. The molecule has 2 heterocycles. The Hall–Kier alpha value is -0.610. The summed E-state index contributed by atoms with van der Waals surface area (Å²) in [5.41, 5.74) is 0.0234. The van der Waals surface area contributed by atoms with Crippen molar-refractivity contribution in [2.45, 2.75) is 59.0 Å². The Labute approximate surface area is 130 Å². The van der Waals surface area contributed by atoms with E-state index in [2.05, 4.69) is 18.7 Å². The molecule has 0 unspecified atom stereocenters. The summed E-state index contributed by atoms with van der Waals surface area (Å²) in [5.74, 6) is 0.797. The highest BCUT2D eigenvalue weighted by atomic mass is 16.5. The van der Waals surface area contributed by atoms with E-state index in [4.69, 9.17) is 4.74 Å². The molecule has 0 aromatic carbocycles. The number of nitrogens with zero attached hydrogens (tertiary/aromatic N) is 2. The number of likely N-dealkylation sites (tertiary alicyclic amines) is 1. The van der Waals surface area contributed by atoms with E-state index in [1.807, 2.05) is 18.7 Å². The minimum Gasteiger partial charge on any atom is -0.372 e. The van der Waals surface area contributed by atoms with Gasteiger partial charge in [0.05, 0.1) is 12.2 Å². The largest absolute Gasteiger partial charge is 0.372 e. The van der Waals surface area contributed by atoms with E-state index < -0.39 is 0 Å². The summed E-state index contributed by atoms with van der Waals surface area (Å²) in [6.07, 6.45) is 5.55. The fourth-order valence-electron chi connectivity index (χ4n) is 3.18. The Balaban J connectivity index is 0.00000106. The number of morpholine rings is 1. The monoisotopic (exact) mass is 298 g/mol. The molecule has 21 heavy (non-hydrogen) atoms. The van der Waals surface area contributed by atoms with Gasteiger partial charge in [0.15, 0.2) is 0 Å². The maximum absolute atomic E-state index is 10.8. The Morgan fingerprint density at radius 1 is 1.19 bits per heavy atom. The normalized spacial score (nSPS) is 22.0. The van der Waals surface area contributed by atoms with Crippen LogP contribution in [0.15, 0.2) is 0 Å². The molecule has 1 amide bonds. The third kappa shape index (κ3) is 5.95. The second kappa shape index (κ2) is 9.42. The van der Waals surface area contributed by atoms with E-state index in [0.29, 0.717) is 0 Å². The summed E-state index contributed by atoms with van der Waals surface area (Å²) in [6.45, 7) is 14.4. The molecule has 2 fully saturated rings. The number of ether oxygens (including phenoxy) is 1. The Morgan fingerprint density at radius 2 is 1.86 bits per heavy atom. The number of piperidine rings is 1. The highest BCUT2D eigenvalue weighted by molar-refractivity contribution is 5.47. The number of hydrogen-bond acceptors (Lipinski definition) is 3. The first-order chi connectivity index (χ1) is 10.1. The van der Waals surface area contributed by atoms with Crippen molar-refractivity contribution in [1.29, 1.82) is 0 Å². The average molecular weight is 298 g/mol. The van der Waals surface area contributed by atoms with Crippen LogP contribution in [0.1, 0.15) is 53.4 Å². The van der Waals surface area contributed by atoms with Gasteiger partial charge in [0.25, 0.3) is 0 Å². The van der Waals surface area contributed by atoms with Gasteiger partial charge in [-0.05, 0) is 38.1 Å². The molecule has 0 aliphatic carbocycles. The molecule has 4 heteroatoms. The molecule has 2 saturated heterocycles. The summed E-state index contributed by atoms with van der Waals surface area (Å²) in [6, 6.07) is 0. The molecule has 2 rings (SSSR count). The maximum Gasteiger partial charge on any atom is 0.209 e. The summed E-state index contributed by atoms with van der Waals surface area (Å²) in [7, 11) is 0. The van der Waals surface area contributed by atoms with Gasteiger partial charge in [0, 0.05) is 26.2 Å². The van der Waals surface area contributed by atoms with Gasteiger partial charge >= 0.3 is 0 Å². The van der Waals surface area contributed by atoms with Crippen molar-refractivity contribution in [3.8, 4) is 0 Å². The topological polar surface area (TPSA) is 32.8 Å². The maximum atomic E-state index is 10.8. The zero-order valence-electron chi connectivity index (χ0n) is 14.4. The van der Waals surface area contributed by atoms with Gasteiger partial charge in [0.2, 0.25) is 6.41 Å². The lowest BCUT2D eigenvalue weighted by molar-refractivity contribution is -0.143. The Bertz CT molecular complexity index is 287. The molecule has 0 aromatic rings. The van der Waals surface area contributed by atoms with Crippen molar-refractivity contribution >= 4 is 6.41 Å². The molecule has 0 N–H and O–H groups in total. The standard InChI is InChI=1S/C15H28N2O2.C2H6/c1-14(2)4-3-7-16-10-11-19-15(12-16)5-8-17(13-18)9-6-15;1-2/h13-14H,3-12H2,1-2H3;1-2H3. The van der Waals surface area contributed by atoms with Gasteiger partial charge in [-0.15, -0.1) is 0 Å². The average Bonchev–Trinajstić information content (AvgIpc) is 2.50. The van der Waals surface area contributed by atoms with E-state index in [0.717, 1.165) is 58.0 Å². The Kier molecular flexibility index (Phi) is 8.27. The first kappa shape index (κ1) is 18.4. The molecule has 0 radical (unpaired) electrons. The first-order valence-electron chi connectivity index (χ1n) is 8.69. The highest BCUT2D eigenvalue weighted by Gasteiger charge is 2.39.